The molecule has 37 heavy (non-hydrogen) atoms. The van der Waals surface area contributed by atoms with Crippen LogP contribution in [0.2, 0.25) is 0 Å². The Hall–Kier alpha value is -0.990. The Labute approximate surface area is 223 Å². The Morgan fingerprint density at radius 1 is 1.08 bits per heavy atom. The minimum atomic E-state index is -1.31. The number of esters is 1. The van der Waals surface area contributed by atoms with Crippen molar-refractivity contribution in [3.8, 4) is 0 Å². The Morgan fingerprint density at radius 3 is 2.19 bits per heavy atom. The maximum absolute atomic E-state index is 13.1. The van der Waals surface area contributed by atoms with Crippen LogP contribution in [-0.2, 0) is 14.3 Å². The molecule has 0 spiro atoms. The van der Waals surface area contributed by atoms with Crippen molar-refractivity contribution < 1.29 is 29.6 Å². The third-order valence-electron chi connectivity index (χ3n) is 12.4. The first-order valence-electron chi connectivity index (χ1n) is 14.3. The van der Waals surface area contributed by atoms with Gasteiger partial charge in [0.15, 0.2) is 6.10 Å². The highest BCUT2D eigenvalue weighted by molar-refractivity contribution is 5.75. The van der Waals surface area contributed by atoms with Crippen LogP contribution in [0.15, 0.2) is 11.1 Å². The van der Waals surface area contributed by atoms with E-state index in [-0.39, 0.29) is 41.8 Å². The van der Waals surface area contributed by atoms with Crippen molar-refractivity contribution in [1.29, 1.82) is 0 Å². The molecule has 7 nitrogen and oxygen atoms in total. The van der Waals surface area contributed by atoms with E-state index in [1.165, 1.54) is 0 Å². The molecule has 1 saturated heterocycles. The van der Waals surface area contributed by atoms with Crippen LogP contribution in [0.4, 0.5) is 0 Å². The molecular formula is C30H51NO6. The SMILES string of the molecule is CNC(C)C(O)C(=O)OC1C(C)=C2C(C)C(C)[C@]3(C)C(C)CC4OC[C@@]4(O)C3C(C)C(O)([C@H]1C)C2(C)C. The summed E-state index contributed by atoms with van der Waals surface area (Å²) in [6.45, 7) is 21.4. The molecule has 0 radical (unpaired) electrons. The second-order valence-corrected chi connectivity index (χ2v) is 13.9. The van der Waals surface area contributed by atoms with Crippen LogP contribution < -0.4 is 5.32 Å². The summed E-state index contributed by atoms with van der Waals surface area (Å²) >= 11 is 0. The van der Waals surface area contributed by atoms with Gasteiger partial charge in [0.1, 0.15) is 11.7 Å². The van der Waals surface area contributed by atoms with Crippen LogP contribution in [-0.4, -0.2) is 70.5 Å². The molecule has 3 aliphatic carbocycles. The Morgan fingerprint density at radius 2 is 1.68 bits per heavy atom. The van der Waals surface area contributed by atoms with E-state index in [9.17, 15) is 20.1 Å². The number of carbonyl (C=O) groups excluding carboxylic acids is 1. The molecule has 4 N–H and O–H groups in total. The first-order chi connectivity index (χ1) is 16.9. The number of ether oxygens (including phenoxy) is 2. The standard InChI is InChI=1S/C30H51NO6/c1-14-12-21-29(34,13-36-21)25-19(6)30(35)18(5)24(37-26(33)23(32)20(7)31-11)16(3)22(27(30,8)9)15(2)17(4)28(14,25)10/h14-15,17-21,23-25,31-32,34-35H,12-13H2,1-11H3/t14?,15?,17?,18-,19?,20?,21?,23?,24?,25?,28-,29-,30?/m0/s1. The summed E-state index contributed by atoms with van der Waals surface area (Å²) in [4.78, 5) is 13.1. The van der Waals surface area contributed by atoms with Gasteiger partial charge in [0, 0.05) is 23.3 Å². The summed E-state index contributed by atoms with van der Waals surface area (Å²) in [7, 11) is 1.69. The lowest BCUT2D eigenvalue weighted by Gasteiger charge is -2.71. The summed E-state index contributed by atoms with van der Waals surface area (Å²) in [5.41, 5.74) is -1.03. The van der Waals surface area contributed by atoms with Crippen molar-refractivity contribution in [2.75, 3.05) is 13.7 Å². The predicted octanol–water partition coefficient (Wildman–Crippen LogP) is 3.30. The number of aliphatic hydroxyl groups excluding tert-OH is 1. The summed E-state index contributed by atoms with van der Waals surface area (Å²) in [5, 5.41) is 38.6. The quantitative estimate of drug-likeness (QED) is 0.332. The van der Waals surface area contributed by atoms with E-state index in [2.05, 4.69) is 53.8 Å². The van der Waals surface area contributed by atoms with Crippen molar-refractivity contribution in [2.45, 2.75) is 111 Å². The zero-order valence-corrected chi connectivity index (χ0v) is 24.8. The lowest BCUT2D eigenvalue weighted by Crippen LogP contribution is -2.77. The number of carbonyl (C=O) groups is 1. The van der Waals surface area contributed by atoms with Crippen molar-refractivity contribution >= 4 is 5.97 Å². The van der Waals surface area contributed by atoms with Gasteiger partial charge in [-0.15, -0.1) is 0 Å². The fraction of sp³-hybridized carbons (Fsp3) is 0.900. The van der Waals surface area contributed by atoms with Gasteiger partial charge < -0.3 is 30.1 Å². The van der Waals surface area contributed by atoms with Gasteiger partial charge in [-0.3, -0.25) is 0 Å². The first-order valence-corrected chi connectivity index (χ1v) is 14.3. The minimum Gasteiger partial charge on any atom is -0.455 e. The van der Waals surface area contributed by atoms with Gasteiger partial charge in [-0.2, -0.15) is 0 Å². The van der Waals surface area contributed by atoms with Crippen molar-refractivity contribution in [3.63, 3.8) is 0 Å². The van der Waals surface area contributed by atoms with E-state index in [0.717, 1.165) is 17.6 Å². The van der Waals surface area contributed by atoms with Gasteiger partial charge in [0.05, 0.1) is 18.3 Å². The van der Waals surface area contributed by atoms with E-state index in [4.69, 9.17) is 9.47 Å². The topological polar surface area (TPSA) is 108 Å². The second-order valence-electron chi connectivity index (χ2n) is 13.9. The van der Waals surface area contributed by atoms with Crippen molar-refractivity contribution in [3.05, 3.63) is 11.1 Å². The Balaban J connectivity index is 1.91. The molecule has 1 aliphatic heterocycles. The zero-order valence-electron chi connectivity index (χ0n) is 24.8. The number of nitrogens with one attached hydrogen (secondary N) is 1. The normalized spacial score (nSPS) is 50.5. The van der Waals surface area contributed by atoms with Crippen LogP contribution in [0.3, 0.4) is 0 Å². The van der Waals surface area contributed by atoms with Gasteiger partial charge in [0.25, 0.3) is 0 Å². The summed E-state index contributed by atoms with van der Waals surface area (Å²) in [5.74, 6) is -1.05. The highest BCUT2D eigenvalue weighted by Crippen LogP contribution is 2.69. The fourth-order valence-electron chi connectivity index (χ4n) is 9.80. The van der Waals surface area contributed by atoms with Gasteiger partial charge >= 0.3 is 5.97 Å². The van der Waals surface area contributed by atoms with Crippen LogP contribution in [0, 0.1) is 46.3 Å². The maximum atomic E-state index is 13.1. The molecule has 13 atom stereocenters. The molecule has 0 aromatic carbocycles. The molecule has 0 aromatic rings. The first kappa shape index (κ1) is 29.0. The Kier molecular flexibility index (Phi) is 7.07. The average Bonchev–Trinajstić information content (AvgIpc) is 2.84. The number of hydrogen-bond acceptors (Lipinski definition) is 7. The van der Waals surface area contributed by atoms with Gasteiger partial charge in [-0.25, -0.2) is 4.79 Å². The van der Waals surface area contributed by atoms with Crippen LogP contribution in [0.1, 0.15) is 75.7 Å². The molecule has 212 valence electrons. The predicted molar refractivity (Wildman–Crippen MR) is 143 cm³/mol. The molecule has 7 heteroatoms. The molecular weight excluding hydrogens is 470 g/mol. The molecule has 1 heterocycles. The number of likely N-dealkylation sites (N-methyl/N-ethyl adjacent to an activating group) is 1. The van der Waals surface area contributed by atoms with Crippen molar-refractivity contribution in [2.24, 2.45) is 46.3 Å². The van der Waals surface area contributed by atoms with E-state index < -0.39 is 46.8 Å². The number of hydrogen-bond donors (Lipinski definition) is 4. The lowest BCUT2D eigenvalue weighted by molar-refractivity contribution is -0.346. The van der Waals surface area contributed by atoms with Gasteiger partial charge in [0.2, 0.25) is 0 Å². The molecule has 4 rings (SSSR count). The van der Waals surface area contributed by atoms with Crippen LogP contribution >= 0.6 is 0 Å². The summed E-state index contributed by atoms with van der Waals surface area (Å²) in [6, 6.07) is -0.462. The highest BCUT2D eigenvalue weighted by Gasteiger charge is 2.73. The monoisotopic (exact) mass is 521 g/mol. The zero-order chi connectivity index (χ0) is 28.0. The van der Waals surface area contributed by atoms with Gasteiger partial charge in [-0.1, -0.05) is 61.0 Å². The second kappa shape index (κ2) is 9.02. The summed E-state index contributed by atoms with van der Waals surface area (Å²) < 4.78 is 12.0. The van der Waals surface area contributed by atoms with E-state index >= 15 is 0 Å². The minimum absolute atomic E-state index is 0.0833. The van der Waals surface area contributed by atoms with Crippen molar-refractivity contribution in [1.82, 2.24) is 5.32 Å². The Bertz CT molecular complexity index is 964. The smallest absolute Gasteiger partial charge is 0.337 e. The summed E-state index contributed by atoms with van der Waals surface area (Å²) in [6.07, 6.45) is -1.40. The van der Waals surface area contributed by atoms with E-state index in [1.54, 1.807) is 14.0 Å². The number of fused-ring (bicyclic) bond motifs is 5. The maximum Gasteiger partial charge on any atom is 0.337 e. The molecule has 10 unspecified atom stereocenters. The largest absolute Gasteiger partial charge is 0.455 e. The molecule has 0 amide bonds. The van der Waals surface area contributed by atoms with Crippen LogP contribution in [0.5, 0.6) is 0 Å². The van der Waals surface area contributed by atoms with Crippen LogP contribution in [0.25, 0.3) is 0 Å². The molecule has 2 saturated carbocycles. The molecule has 3 fully saturated rings. The number of rotatable bonds is 4. The van der Waals surface area contributed by atoms with E-state index in [1.807, 2.05) is 13.8 Å². The molecule has 0 aromatic heterocycles. The van der Waals surface area contributed by atoms with Gasteiger partial charge in [-0.05, 0) is 62.0 Å². The highest BCUT2D eigenvalue weighted by atomic mass is 16.6. The number of aliphatic hydroxyl groups is 3. The third kappa shape index (κ3) is 3.53. The fourth-order valence-corrected chi connectivity index (χ4v) is 9.80. The third-order valence-corrected chi connectivity index (χ3v) is 12.4. The average molecular weight is 522 g/mol. The molecule has 2 bridgehead atoms. The lowest BCUT2D eigenvalue weighted by atomic mass is 9.38. The molecule has 4 aliphatic rings. The van der Waals surface area contributed by atoms with E-state index in [0.29, 0.717) is 5.92 Å².